The van der Waals surface area contributed by atoms with Crippen LogP contribution >= 0.6 is 0 Å². The van der Waals surface area contributed by atoms with Crippen LogP contribution in [0.5, 0.6) is 0 Å². The van der Waals surface area contributed by atoms with E-state index < -0.39 is 0 Å². The molecule has 4 heteroatoms. The first-order chi connectivity index (χ1) is 10.0. The second kappa shape index (κ2) is 8.85. The van der Waals surface area contributed by atoms with Crippen molar-refractivity contribution in [3.8, 4) is 0 Å². The Morgan fingerprint density at radius 3 is 2.19 bits per heavy atom. The number of nitrogens with one attached hydrogen (secondary N) is 2. The summed E-state index contributed by atoms with van der Waals surface area (Å²) in [5.74, 6) is 3.16. The van der Waals surface area contributed by atoms with Gasteiger partial charge in [0.05, 0.1) is 0 Å². The number of hydrogen-bond acceptors (Lipinski definition) is 4. The molecule has 1 rings (SSSR count). The number of unbranched alkanes of at least 4 members (excludes halogenated alkanes) is 1. The van der Waals surface area contributed by atoms with E-state index in [4.69, 9.17) is 4.98 Å². The average Bonchev–Trinajstić information content (AvgIpc) is 2.46. The SMILES string of the molecule is CCCCC(CCC)Nc1nc(C(C)C)nc(NC)c1C. The predicted octanol–water partition coefficient (Wildman–Crippen LogP) is 4.72. The van der Waals surface area contributed by atoms with Crippen molar-refractivity contribution in [2.75, 3.05) is 17.7 Å². The van der Waals surface area contributed by atoms with Crippen LogP contribution in [0.3, 0.4) is 0 Å². The topological polar surface area (TPSA) is 49.8 Å². The van der Waals surface area contributed by atoms with Gasteiger partial charge in [-0.05, 0) is 19.8 Å². The summed E-state index contributed by atoms with van der Waals surface area (Å²) in [6.45, 7) is 10.8. The van der Waals surface area contributed by atoms with Gasteiger partial charge in [-0.1, -0.05) is 47.0 Å². The highest BCUT2D eigenvalue weighted by Gasteiger charge is 2.15. The zero-order chi connectivity index (χ0) is 15.8. The minimum atomic E-state index is 0.332. The Morgan fingerprint density at radius 1 is 1.00 bits per heavy atom. The smallest absolute Gasteiger partial charge is 0.135 e. The van der Waals surface area contributed by atoms with Crippen LogP contribution in [0.25, 0.3) is 0 Å². The van der Waals surface area contributed by atoms with Crippen LogP contribution in [0.1, 0.15) is 77.1 Å². The third kappa shape index (κ3) is 5.18. The van der Waals surface area contributed by atoms with Gasteiger partial charge in [-0.15, -0.1) is 0 Å². The molecule has 0 fully saturated rings. The van der Waals surface area contributed by atoms with Gasteiger partial charge in [0.1, 0.15) is 17.5 Å². The lowest BCUT2D eigenvalue weighted by Gasteiger charge is -2.21. The van der Waals surface area contributed by atoms with E-state index in [0.717, 1.165) is 23.0 Å². The quantitative estimate of drug-likeness (QED) is 0.691. The van der Waals surface area contributed by atoms with Gasteiger partial charge < -0.3 is 10.6 Å². The van der Waals surface area contributed by atoms with Gasteiger partial charge in [0.25, 0.3) is 0 Å². The van der Waals surface area contributed by atoms with Crippen molar-refractivity contribution in [2.24, 2.45) is 0 Å². The molecule has 0 aliphatic rings. The summed E-state index contributed by atoms with van der Waals surface area (Å²) in [6, 6.07) is 0.508. The number of aromatic nitrogens is 2. The number of anilines is 2. The van der Waals surface area contributed by atoms with Gasteiger partial charge in [0.15, 0.2) is 0 Å². The van der Waals surface area contributed by atoms with Gasteiger partial charge in [-0.2, -0.15) is 0 Å². The minimum absolute atomic E-state index is 0.332. The van der Waals surface area contributed by atoms with Crippen LogP contribution in [0, 0.1) is 6.92 Å². The van der Waals surface area contributed by atoms with E-state index in [9.17, 15) is 0 Å². The zero-order valence-corrected chi connectivity index (χ0v) is 14.6. The van der Waals surface area contributed by atoms with Crippen molar-refractivity contribution >= 4 is 11.6 Å². The normalized spacial score (nSPS) is 12.5. The summed E-state index contributed by atoms with van der Waals surface area (Å²) < 4.78 is 0. The molecule has 1 aromatic rings. The first kappa shape index (κ1) is 17.7. The van der Waals surface area contributed by atoms with E-state index in [2.05, 4.69) is 50.2 Å². The number of nitrogens with zero attached hydrogens (tertiary/aromatic N) is 2. The molecule has 2 N–H and O–H groups in total. The van der Waals surface area contributed by atoms with Gasteiger partial charge in [-0.25, -0.2) is 9.97 Å². The fraction of sp³-hybridized carbons (Fsp3) is 0.765. The van der Waals surface area contributed by atoms with Crippen molar-refractivity contribution in [2.45, 2.75) is 78.7 Å². The molecule has 21 heavy (non-hydrogen) atoms. The van der Waals surface area contributed by atoms with Crippen molar-refractivity contribution in [1.82, 2.24) is 9.97 Å². The zero-order valence-electron chi connectivity index (χ0n) is 14.6. The average molecular weight is 292 g/mol. The molecule has 0 saturated carbocycles. The molecule has 0 bridgehead atoms. The Hall–Kier alpha value is -1.32. The first-order valence-electron chi connectivity index (χ1n) is 8.36. The van der Waals surface area contributed by atoms with E-state index in [1.807, 2.05) is 7.05 Å². The Morgan fingerprint density at radius 2 is 1.67 bits per heavy atom. The van der Waals surface area contributed by atoms with Crippen molar-refractivity contribution in [3.05, 3.63) is 11.4 Å². The van der Waals surface area contributed by atoms with E-state index >= 15 is 0 Å². The largest absolute Gasteiger partial charge is 0.373 e. The maximum absolute atomic E-state index is 4.75. The molecular weight excluding hydrogens is 260 g/mol. The molecule has 0 aliphatic carbocycles. The molecule has 4 nitrogen and oxygen atoms in total. The summed E-state index contributed by atoms with van der Waals surface area (Å²) in [5, 5.41) is 6.85. The standard InChI is InChI=1S/C17H32N4/c1-7-9-11-14(10-8-2)19-17-13(5)16(18-6)20-15(21-17)12(3)4/h12,14H,7-11H2,1-6H3,(H2,18,19,20,21). The maximum atomic E-state index is 4.75. The molecule has 0 radical (unpaired) electrons. The van der Waals surface area contributed by atoms with Gasteiger partial charge in [0, 0.05) is 24.6 Å². The van der Waals surface area contributed by atoms with Crippen molar-refractivity contribution in [1.29, 1.82) is 0 Å². The van der Waals surface area contributed by atoms with Crippen LogP contribution in [0.15, 0.2) is 0 Å². The second-order valence-corrected chi connectivity index (χ2v) is 6.08. The third-order valence-corrected chi connectivity index (χ3v) is 3.80. The van der Waals surface area contributed by atoms with Crippen LogP contribution in [0.4, 0.5) is 11.6 Å². The van der Waals surface area contributed by atoms with Gasteiger partial charge in [-0.3, -0.25) is 0 Å². The number of rotatable bonds is 9. The molecular formula is C17H32N4. The van der Waals surface area contributed by atoms with E-state index in [0.29, 0.717) is 12.0 Å². The van der Waals surface area contributed by atoms with Crippen LogP contribution in [0.2, 0.25) is 0 Å². The highest BCUT2D eigenvalue weighted by atomic mass is 15.1. The molecule has 0 aromatic carbocycles. The molecule has 1 aromatic heterocycles. The fourth-order valence-electron chi connectivity index (χ4n) is 2.46. The molecule has 0 spiro atoms. The lowest BCUT2D eigenvalue weighted by atomic mass is 10.0. The van der Waals surface area contributed by atoms with Gasteiger partial charge in [0.2, 0.25) is 0 Å². The predicted molar refractivity (Wildman–Crippen MR) is 92.2 cm³/mol. The summed E-state index contributed by atoms with van der Waals surface area (Å²) in [7, 11) is 1.92. The van der Waals surface area contributed by atoms with Crippen molar-refractivity contribution in [3.63, 3.8) is 0 Å². The van der Waals surface area contributed by atoms with Gasteiger partial charge >= 0.3 is 0 Å². The monoisotopic (exact) mass is 292 g/mol. The highest BCUT2D eigenvalue weighted by Crippen LogP contribution is 2.24. The Kier molecular flexibility index (Phi) is 7.48. The molecule has 0 aliphatic heterocycles. The molecule has 1 heterocycles. The Labute approximate surface area is 130 Å². The Bertz CT molecular complexity index is 429. The second-order valence-electron chi connectivity index (χ2n) is 6.08. The van der Waals surface area contributed by atoms with Crippen LogP contribution in [-0.2, 0) is 0 Å². The fourth-order valence-corrected chi connectivity index (χ4v) is 2.46. The Balaban J connectivity index is 3.00. The first-order valence-corrected chi connectivity index (χ1v) is 8.36. The molecule has 120 valence electrons. The lowest BCUT2D eigenvalue weighted by Crippen LogP contribution is -2.22. The third-order valence-electron chi connectivity index (χ3n) is 3.80. The van der Waals surface area contributed by atoms with E-state index in [1.165, 1.54) is 32.1 Å². The van der Waals surface area contributed by atoms with Crippen LogP contribution in [-0.4, -0.2) is 23.1 Å². The minimum Gasteiger partial charge on any atom is -0.373 e. The summed E-state index contributed by atoms with van der Waals surface area (Å²) >= 11 is 0. The molecule has 1 atom stereocenters. The summed E-state index contributed by atoms with van der Waals surface area (Å²) in [4.78, 5) is 9.35. The summed E-state index contributed by atoms with van der Waals surface area (Å²) in [6.07, 6.45) is 6.10. The van der Waals surface area contributed by atoms with Crippen LogP contribution < -0.4 is 10.6 Å². The molecule has 0 amide bonds. The molecule has 0 saturated heterocycles. The summed E-state index contributed by atoms with van der Waals surface area (Å²) in [5.41, 5.74) is 1.11. The van der Waals surface area contributed by atoms with Crippen molar-refractivity contribution < 1.29 is 0 Å². The number of hydrogen-bond donors (Lipinski definition) is 2. The highest BCUT2D eigenvalue weighted by molar-refractivity contribution is 5.57. The maximum Gasteiger partial charge on any atom is 0.135 e. The lowest BCUT2D eigenvalue weighted by molar-refractivity contribution is 0.561. The molecule has 1 unspecified atom stereocenters. The van der Waals surface area contributed by atoms with E-state index in [-0.39, 0.29) is 0 Å². The van der Waals surface area contributed by atoms with E-state index in [1.54, 1.807) is 0 Å².